The van der Waals surface area contributed by atoms with Crippen LogP contribution >= 0.6 is 0 Å². The Morgan fingerprint density at radius 3 is 2.20 bits per heavy atom. The first-order valence-corrected chi connectivity index (χ1v) is 4.70. The van der Waals surface area contributed by atoms with Gasteiger partial charge in [-0.3, -0.25) is 0 Å². The molecule has 0 fully saturated rings. The minimum Gasteiger partial charge on any atom is -0.383 e. The molecule has 0 saturated heterocycles. The molecule has 84 valence electrons. The molecule has 2 unspecified atom stereocenters. The van der Waals surface area contributed by atoms with Crippen LogP contribution in [-0.2, 0) is 6.42 Å². The predicted octanol–water partition coefficient (Wildman–Crippen LogP) is 2.79. The fourth-order valence-electron chi connectivity index (χ4n) is 1.42. The molecule has 0 aromatic heterocycles. The number of hydrogen-bond donors (Lipinski definition) is 1. The van der Waals surface area contributed by atoms with Gasteiger partial charge in [0, 0.05) is 0 Å². The van der Waals surface area contributed by atoms with Crippen molar-refractivity contribution in [1.29, 1.82) is 0 Å². The molecular formula is C11H13F3O. The van der Waals surface area contributed by atoms with E-state index in [4.69, 9.17) is 5.11 Å². The highest BCUT2D eigenvalue weighted by molar-refractivity contribution is 5.15. The van der Waals surface area contributed by atoms with Gasteiger partial charge in [-0.1, -0.05) is 37.3 Å². The molecule has 0 aliphatic carbocycles. The molecule has 1 rings (SSSR count). The first kappa shape index (κ1) is 12.0. The van der Waals surface area contributed by atoms with E-state index >= 15 is 0 Å². The number of aliphatic hydroxyl groups excluding tert-OH is 1. The Hall–Kier alpha value is -1.03. The van der Waals surface area contributed by atoms with Crippen LogP contribution in [0.25, 0.3) is 0 Å². The van der Waals surface area contributed by atoms with Gasteiger partial charge >= 0.3 is 6.18 Å². The zero-order chi connectivity index (χ0) is 11.5. The van der Waals surface area contributed by atoms with Gasteiger partial charge < -0.3 is 5.11 Å². The maximum Gasteiger partial charge on any atom is 0.414 e. The van der Waals surface area contributed by atoms with E-state index in [0.717, 1.165) is 5.56 Å². The normalized spacial score (nSPS) is 16.1. The van der Waals surface area contributed by atoms with Crippen molar-refractivity contribution >= 4 is 0 Å². The molecular weight excluding hydrogens is 205 g/mol. The predicted molar refractivity (Wildman–Crippen MR) is 51.4 cm³/mol. The molecule has 1 aromatic carbocycles. The van der Waals surface area contributed by atoms with Gasteiger partial charge in [-0.05, 0) is 17.9 Å². The lowest BCUT2D eigenvalue weighted by molar-refractivity contribution is -0.217. The summed E-state index contributed by atoms with van der Waals surface area (Å²) in [5.74, 6) is -0.826. The molecule has 2 atom stereocenters. The molecule has 0 radical (unpaired) electrons. The standard InChI is InChI=1S/C11H13F3O/c1-8(10(15)11(12,13)14)7-9-5-3-2-4-6-9/h2-6,8,10,15H,7H2,1H3. The van der Waals surface area contributed by atoms with Gasteiger partial charge in [0.15, 0.2) is 6.10 Å². The molecule has 0 aliphatic rings. The van der Waals surface area contributed by atoms with E-state index in [1.807, 2.05) is 0 Å². The zero-order valence-electron chi connectivity index (χ0n) is 8.33. The quantitative estimate of drug-likeness (QED) is 0.827. The van der Waals surface area contributed by atoms with Crippen molar-refractivity contribution in [3.8, 4) is 0 Å². The van der Waals surface area contributed by atoms with Crippen molar-refractivity contribution < 1.29 is 18.3 Å². The van der Waals surface area contributed by atoms with Gasteiger partial charge in [-0.15, -0.1) is 0 Å². The SMILES string of the molecule is CC(Cc1ccccc1)C(O)C(F)(F)F. The topological polar surface area (TPSA) is 20.2 Å². The Bertz CT molecular complexity index is 294. The highest BCUT2D eigenvalue weighted by Gasteiger charge is 2.41. The van der Waals surface area contributed by atoms with Gasteiger partial charge in [-0.2, -0.15) is 13.2 Å². The monoisotopic (exact) mass is 218 g/mol. The lowest BCUT2D eigenvalue weighted by atomic mass is 9.95. The highest BCUT2D eigenvalue weighted by atomic mass is 19.4. The molecule has 0 aliphatic heterocycles. The van der Waals surface area contributed by atoms with Crippen LogP contribution in [0, 0.1) is 5.92 Å². The van der Waals surface area contributed by atoms with Gasteiger partial charge in [0.2, 0.25) is 0 Å². The Morgan fingerprint density at radius 1 is 1.20 bits per heavy atom. The van der Waals surface area contributed by atoms with Crippen LogP contribution in [0.2, 0.25) is 0 Å². The summed E-state index contributed by atoms with van der Waals surface area (Å²) >= 11 is 0. The molecule has 15 heavy (non-hydrogen) atoms. The molecule has 1 N–H and O–H groups in total. The van der Waals surface area contributed by atoms with E-state index in [1.165, 1.54) is 6.92 Å². The molecule has 0 spiro atoms. The first-order chi connectivity index (χ1) is 6.91. The van der Waals surface area contributed by atoms with E-state index in [9.17, 15) is 13.2 Å². The van der Waals surface area contributed by atoms with E-state index in [0.29, 0.717) is 0 Å². The summed E-state index contributed by atoms with van der Waals surface area (Å²) in [6.07, 6.45) is -6.56. The summed E-state index contributed by atoms with van der Waals surface area (Å²) in [5.41, 5.74) is 0.799. The van der Waals surface area contributed by atoms with Crippen molar-refractivity contribution in [1.82, 2.24) is 0 Å². The smallest absolute Gasteiger partial charge is 0.383 e. The molecule has 1 nitrogen and oxygen atoms in total. The van der Waals surface area contributed by atoms with Crippen LogP contribution in [0.4, 0.5) is 13.2 Å². The summed E-state index contributed by atoms with van der Waals surface area (Å²) in [7, 11) is 0. The number of halogens is 3. The third kappa shape index (κ3) is 3.55. The molecule has 0 amide bonds. The highest BCUT2D eigenvalue weighted by Crippen LogP contribution is 2.27. The second-order valence-electron chi connectivity index (χ2n) is 3.65. The molecule has 0 heterocycles. The fourth-order valence-corrected chi connectivity index (χ4v) is 1.42. The Balaban J connectivity index is 2.60. The number of alkyl halides is 3. The van der Waals surface area contributed by atoms with Crippen LogP contribution in [0.1, 0.15) is 12.5 Å². The Labute approximate surface area is 86.5 Å². The third-order valence-electron chi connectivity index (χ3n) is 2.27. The summed E-state index contributed by atoms with van der Waals surface area (Å²) < 4.78 is 36.5. The Morgan fingerprint density at radius 2 is 1.73 bits per heavy atom. The number of rotatable bonds is 3. The van der Waals surface area contributed by atoms with Crippen LogP contribution in [0.5, 0.6) is 0 Å². The number of aliphatic hydroxyl groups is 1. The van der Waals surface area contributed by atoms with Gasteiger partial charge in [0.05, 0.1) is 0 Å². The van der Waals surface area contributed by atoms with Gasteiger partial charge in [0.25, 0.3) is 0 Å². The van der Waals surface area contributed by atoms with E-state index < -0.39 is 18.2 Å². The average Bonchev–Trinajstić information content (AvgIpc) is 2.16. The van der Waals surface area contributed by atoms with E-state index in [1.54, 1.807) is 30.3 Å². The average molecular weight is 218 g/mol. The molecule has 1 aromatic rings. The van der Waals surface area contributed by atoms with Crippen LogP contribution in [0.3, 0.4) is 0 Å². The van der Waals surface area contributed by atoms with Crippen LogP contribution < -0.4 is 0 Å². The number of hydrogen-bond acceptors (Lipinski definition) is 1. The van der Waals surface area contributed by atoms with Crippen molar-refractivity contribution in [3.05, 3.63) is 35.9 Å². The van der Waals surface area contributed by atoms with Gasteiger partial charge in [-0.25, -0.2) is 0 Å². The summed E-state index contributed by atoms with van der Waals surface area (Å²) in [5, 5.41) is 8.99. The van der Waals surface area contributed by atoms with Crippen molar-refractivity contribution in [3.63, 3.8) is 0 Å². The Kier molecular flexibility index (Phi) is 3.74. The largest absolute Gasteiger partial charge is 0.414 e. The second kappa shape index (κ2) is 4.66. The first-order valence-electron chi connectivity index (χ1n) is 4.70. The van der Waals surface area contributed by atoms with Gasteiger partial charge in [0.1, 0.15) is 0 Å². The van der Waals surface area contributed by atoms with Crippen LogP contribution in [0.15, 0.2) is 30.3 Å². The van der Waals surface area contributed by atoms with Crippen molar-refractivity contribution in [2.75, 3.05) is 0 Å². The molecule has 0 bridgehead atoms. The molecule has 0 saturated carbocycles. The summed E-state index contributed by atoms with van der Waals surface area (Å²) in [6, 6.07) is 8.83. The lowest BCUT2D eigenvalue weighted by Gasteiger charge is -2.21. The maximum absolute atomic E-state index is 12.2. The summed E-state index contributed by atoms with van der Waals surface area (Å²) in [6.45, 7) is 1.39. The second-order valence-corrected chi connectivity index (χ2v) is 3.65. The number of benzene rings is 1. The van der Waals surface area contributed by atoms with Crippen molar-refractivity contribution in [2.45, 2.75) is 25.6 Å². The van der Waals surface area contributed by atoms with E-state index in [-0.39, 0.29) is 6.42 Å². The maximum atomic E-state index is 12.2. The van der Waals surface area contributed by atoms with E-state index in [2.05, 4.69) is 0 Å². The van der Waals surface area contributed by atoms with Crippen molar-refractivity contribution in [2.24, 2.45) is 5.92 Å². The minimum atomic E-state index is -4.53. The van der Waals surface area contributed by atoms with Crippen LogP contribution in [-0.4, -0.2) is 17.4 Å². The zero-order valence-corrected chi connectivity index (χ0v) is 8.33. The fraction of sp³-hybridized carbons (Fsp3) is 0.455. The minimum absolute atomic E-state index is 0.224. The molecule has 4 heteroatoms. The summed E-state index contributed by atoms with van der Waals surface area (Å²) in [4.78, 5) is 0. The lowest BCUT2D eigenvalue weighted by Crippen LogP contribution is -2.35. The third-order valence-corrected chi connectivity index (χ3v) is 2.27.